The minimum absolute atomic E-state index is 0.0160. The quantitative estimate of drug-likeness (QED) is 0.838. The zero-order valence-electron chi connectivity index (χ0n) is 10.3. The number of hydrogen-bond acceptors (Lipinski definition) is 3. The predicted octanol–water partition coefficient (Wildman–Crippen LogP) is 2.13. The number of rotatable bonds is 1. The normalized spacial score (nSPS) is 38.5. The molecule has 1 aromatic carbocycles. The molecule has 0 saturated heterocycles. The van der Waals surface area contributed by atoms with Crippen LogP contribution in [-0.2, 0) is 4.79 Å². The highest BCUT2D eigenvalue weighted by atomic mass is 16.5. The van der Waals surface area contributed by atoms with E-state index in [1.54, 1.807) is 12.1 Å². The third-order valence-corrected chi connectivity index (χ3v) is 4.92. The number of carboxylic acid groups (broad SMARTS) is 1. The SMILES string of the molecule is O=C1C[C@@]2(CC[C@H]3[C@@H](C(=O)O)[C@@H]32)Oc2ccccc21. The van der Waals surface area contributed by atoms with E-state index >= 15 is 0 Å². The van der Waals surface area contributed by atoms with Gasteiger partial charge in [-0.2, -0.15) is 0 Å². The van der Waals surface area contributed by atoms with Crippen molar-refractivity contribution in [3.63, 3.8) is 0 Å². The number of carbonyl (C=O) groups is 2. The van der Waals surface area contributed by atoms with Crippen LogP contribution in [0.4, 0.5) is 0 Å². The molecule has 0 aromatic heterocycles. The number of aliphatic carboxylic acids is 1. The summed E-state index contributed by atoms with van der Waals surface area (Å²) in [5.74, 6) is -0.136. The molecular weight excluding hydrogens is 244 g/mol. The Labute approximate surface area is 110 Å². The van der Waals surface area contributed by atoms with E-state index in [1.165, 1.54) is 0 Å². The number of carboxylic acids is 1. The second-order valence-corrected chi connectivity index (χ2v) is 5.86. The summed E-state index contributed by atoms with van der Waals surface area (Å²) < 4.78 is 6.10. The van der Waals surface area contributed by atoms with Crippen LogP contribution in [0.15, 0.2) is 24.3 Å². The highest BCUT2D eigenvalue weighted by Gasteiger charge is 2.70. The van der Waals surface area contributed by atoms with Crippen molar-refractivity contribution in [2.45, 2.75) is 24.9 Å². The fraction of sp³-hybridized carbons (Fsp3) is 0.467. The smallest absolute Gasteiger partial charge is 0.307 e. The lowest BCUT2D eigenvalue weighted by Crippen LogP contribution is -2.43. The van der Waals surface area contributed by atoms with Crippen molar-refractivity contribution in [3.8, 4) is 5.75 Å². The predicted molar refractivity (Wildman–Crippen MR) is 66.1 cm³/mol. The summed E-state index contributed by atoms with van der Waals surface area (Å²) in [5, 5.41) is 9.19. The lowest BCUT2D eigenvalue weighted by atomic mass is 9.84. The van der Waals surface area contributed by atoms with E-state index < -0.39 is 11.6 Å². The molecule has 4 heteroatoms. The van der Waals surface area contributed by atoms with Gasteiger partial charge < -0.3 is 9.84 Å². The van der Waals surface area contributed by atoms with Gasteiger partial charge in [-0.25, -0.2) is 0 Å². The first-order chi connectivity index (χ1) is 9.12. The molecule has 0 bridgehead atoms. The van der Waals surface area contributed by atoms with Crippen LogP contribution in [0.3, 0.4) is 0 Å². The van der Waals surface area contributed by atoms with Crippen LogP contribution in [-0.4, -0.2) is 22.5 Å². The van der Waals surface area contributed by atoms with Gasteiger partial charge in [0.15, 0.2) is 5.78 Å². The van der Waals surface area contributed by atoms with E-state index in [4.69, 9.17) is 4.74 Å². The highest BCUT2D eigenvalue weighted by molar-refractivity contribution is 6.00. The Morgan fingerprint density at radius 3 is 2.89 bits per heavy atom. The third-order valence-electron chi connectivity index (χ3n) is 4.92. The molecule has 2 aliphatic carbocycles. The lowest BCUT2D eigenvalue weighted by Gasteiger charge is -2.36. The average molecular weight is 258 g/mol. The standard InChI is InChI=1S/C15H14O4/c16-10-7-15(19-11-4-2-1-3-8(10)11)6-5-9-12(13(9)15)14(17)18/h1-4,9,12-13H,5-7H2,(H,17,18)/t9-,12+,13+,15+/m0/s1. The number of ketones is 1. The molecule has 0 unspecified atom stereocenters. The molecule has 98 valence electrons. The fourth-order valence-electron chi connectivity index (χ4n) is 4.10. The van der Waals surface area contributed by atoms with Gasteiger partial charge in [-0.3, -0.25) is 9.59 Å². The van der Waals surface area contributed by atoms with E-state index in [-0.39, 0.29) is 23.5 Å². The van der Waals surface area contributed by atoms with Gasteiger partial charge in [0.1, 0.15) is 11.4 Å². The molecule has 0 radical (unpaired) electrons. The molecule has 1 aromatic rings. The molecule has 1 spiro atoms. The summed E-state index contributed by atoms with van der Waals surface area (Å²) in [4.78, 5) is 23.4. The summed E-state index contributed by atoms with van der Waals surface area (Å²) in [6.07, 6.45) is 1.98. The first kappa shape index (κ1) is 11.0. The Kier molecular flexibility index (Phi) is 1.96. The van der Waals surface area contributed by atoms with E-state index in [1.807, 2.05) is 12.1 Å². The van der Waals surface area contributed by atoms with Crippen LogP contribution in [0.5, 0.6) is 5.75 Å². The maximum absolute atomic E-state index is 12.3. The zero-order chi connectivity index (χ0) is 13.2. The summed E-state index contributed by atoms with van der Waals surface area (Å²) in [6, 6.07) is 7.25. The molecule has 4 atom stereocenters. The minimum Gasteiger partial charge on any atom is -0.486 e. The van der Waals surface area contributed by atoms with E-state index in [2.05, 4.69) is 0 Å². The van der Waals surface area contributed by atoms with Crippen molar-refractivity contribution in [2.75, 3.05) is 0 Å². The second kappa shape index (κ2) is 3.38. The van der Waals surface area contributed by atoms with Gasteiger partial charge in [0.25, 0.3) is 0 Å². The van der Waals surface area contributed by atoms with Crippen LogP contribution in [0.25, 0.3) is 0 Å². The molecule has 2 saturated carbocycles. The number of Topliss-reactive ketones (excluding diaryl/α,β-unsaturated/α-hetero) is 1. The Balaban J connectivity index is 1.72. The topological polar surface area (TPSA) is 63.6 Å². The van der Waals surface area contributed by atoms with Crippen molar-refractivity contribution in [1.82, 2.24) is 0 Å². The first-order valence-corrected chi connectivity index (χ1v) is 6.66. The molecule has 1 heterocycles. The molecule has 19 heavy (non-hydrogen) atoms. The van der Waals surface area contributed by atoms with Crippen molar-refractivity contribution in [1.29, 1.82) is 0 Å². The fourth-order valence-corrected chi connectivity index (χ4v) is 4.10. The average Bonchev–Trinajstić information content (AvgIpc) is 3.04. The summed E-state index contributed by atoms with van der Waals surface area (Å²) in [5.41, 5.74) is 0.0724. The molecule has 4 rings (SSSR count). The molecule has 3 aliphatic rings. The number of carbonyl (C=O) groups excluding carboxylic acids is 1. The number of para-hydroxylation sites is 1. The van der Waals surface area contributed by atoms with Gasteiger partial charge in [-0.05, 0) is 30.9 Å². The molecule has 4 nitrogen and oxygen atoms in total. The molecule has 2 fully saturated rings. The largest absolute Gasteiger partial charge is 0.486 e. The molecule has 1 aliphatic heterocycles. The maximum Gasteiger partial charge on any atom is 0.307 e. The Hall–Kier alpha value is -1.84. The zero-order valence-corrected chi connectivity index (χ0v) is 10.3. The number of fused-ring (bicyclic) bond motifs is 3. The monoisotopic (exact) mass is 258 g/mol. The molecular formula is C15H14O4. The number of hydrogen-bond donors (Lipinski definition) is 1. The lowest BCUT2D eigenvalue weighted by molar-refractivity contribution is -0.140. The molecule has 0 amide bonds. The van der Waals surface area contributed by atoms with Gasteiger partial charge in [0.05, 0.1) is 17.9 Å². The van der Waals surface area contributed by atoms with Gasteiger partial charge in [0, 0.05) is 5.92 Å². The van der Waals surface area contributed by atoms with Gasteiger partial charge in [-0.15, -0.1) is 0 Å². The number of ether oxygens (including phenoxy) is 1. The highest BCUT2D eigenvalue weighted by Crippen LogP contribution is 2.65. The van der Waals surface area contributed by atoms with Crippen LogP contribution in [0.1, 0.15) is 29.6 Å². The van der Waals surface area contributed by atoms with Crippen LogP contribution in [0.2, 0.25) is 0 Å². The maximum atomic E-state index is 12.3. The van der Waals surface area contributed by atoms with Gasteiger partial charge >= 0.3 is 5.97 Å². The number of benzene rings is 1. The second-order valence-electron chi connectivity index (χ2n) is 5.86. The summed E-state index contributed by atoms with van der Waals surface area (Å²) in [7, 11) is 0. The summed E-state index contributed by atoms with van der Waals surface area (Å²) in [6.45, 7) is 0. The van der Waals surface area contributed by atoms with E-state index in [0.717, 1.165) is 12.8 Å². The Morgan fingerprint density at radius 2 is 2.16 bits per heavy atom. The van der Waals surface area contributed by atoms with Gasteiger partial charge in [-0.1, -0.05) is 12.1 Å². The Bertz CT molecular complexity index is 594. The van der Waals surface area contributed by atoms with Gasteiger partial charge in [0.2, 0.25) is 0 Å². The third kappa shape index (κ3) is 1.34. The van der Waals surface area contributed by atoms with E-state index in [9.17, 15) is 14.7 Å². The van der Waals surface area contributed by atoms with Crippen molar-refractivity contribution >= 4 is 11.8 Å². The molecule has 1 N–H and O–H groups in total. The van der Waals surface area contributed by atoms with Crippen LogP contribution >= 0.6 is 0 Å². The van der Waals surface area contributed by atoms with Crippen LogP contribution < -0.4 is 4.74 Å². The Morgan fingerprint density at radius 1 is 1.37 bits per heavy atom. The summed E-state index contributed by atoms with van der Waals surface area (Å²) >= 11 is 0. The first-order valence-electron chi connectivity index (χ1n) is 6.66. The van der Waals surface area contributed by atoms with Crippen molar-refractivity contribution in [3.05, 3.63) is 29.8 Å². The van der Waals surface area contributed by atoms with Crippen molar-refractivity contribution < 1.29 is 19.4 Å². The minimum atomic E-state index is -0.746. The van der Waals surface area contributed by atoms with Crippen molar-refractivity contribution in [2.24, 2.45) is 17.8 Å². The van der Waals surface area contributed by atoms with Crippen LogP contribution in [0, 0.1) is 17.8 Å². The van der Waals surface area contributed by atoms with E-state index in [0.29, 0.717) is 17.7 Å².